The fraction of sp³-hybridized carbons (Fsp3) is 0. The van der Waals surface area contributed by atoms with Crippen LogP contribution in [0.2, 0.25) is 5.02 Å². The molecule has 0 spiro atoms. The minimum atomic E-state index is -0.458. The van der Waals surface area contributed by atoms with E-state index in [9.17, 15) is 4.39 Å². The summed E-state index contributed by atoms with van der Waals surface area (Å²) in [5.41, 5.74) is 2.89. The minimum Gasteiger partial charge on any atom is -0.334 e. The number of hydrogen-bond acceptors (Lipinski definition) is 5. The summed E-state index contributed by atoms with van der Waals surface area (Å²) >= 11 is 9.60. The molecule has 0 saturated heterocycles. The van der Waals surface area contributed by atoms with Crippen molar-refractivity contribution in [3.8, 4) is 45.6 Å². The monoisotopic (exact) mass is 495 g/mol. The molecule has 0 bridgehead atoms. The van der Waals surface area contributed by atoms with Gasteiger partial charge in [-0.1, -0.05) is 41.0 Å². The Labute approximate surface area is 189 Å². The number of nitrogens with zero attached hydrogens (tertiary/aromatic N) is 4. The molecule has 0 aliphatic rings. The maximum atomic E-state index is 14.2. The van der Waals surface area contributed by atoms with Gasteiger partial charge in [-0.3, -0.25) is 4.98 Å². The van der Waals surface area contributed by atoms with Crippen molar-refractivity contribution in [3.05, 3.63) is 82.3 Å². The van der Waals surface area contributed by atoms with E-state index in [1.54, 1.807) is 24.4 Å². The summed E-state index contributed by atoms with van der Waals surface area (Å²) in [4.78, 5) is 16.4. The van der Waals surface area contributed by atoms with Gasteiger partial charge in [-0.25, -0.2) is 9.37 Å². The summed E-state index contributed by atoms with van der Waals surface area (Å²) in [5.74, 6) is 0.660. The lowest BCUT2D eigenvalue weighted by Gasteiger charge is -2.01. The summed E-state index contributed by atoms with van der Waals surface area (Å²) < 4.78 is 20.2. The molecule has 0 atom stereocenters. The van der Waals surface area contributed by atoms with E-state index in [-0.39, 0.29) is 10.6 Å². The van der Waals surface area contributed by atoms with Gasteiger partial charge in [0.2, 0.25) is 5.82 Å². The number of hydrogen-bond donors (Lipinski definition) is 1. The standard InChI is InChI=1S/C22H12BrClFN5O/c23-19-18(27-21(28-19)17-14(24)7-4-8-15(17)25)13-9-10-16(26-11-13)20-29-22(31-30-20)12-5-2-1-3-6-12/h1-11H,(H,27,28). The molecule has 5 rings (SSSR count). The quantitative estimate of drug-likeness (QED) is 0.311. The summed E-state index contributed by atoms with van der Waals surface area (Å²) in [5, 5.41) is 4.28. The van der Waals surface area contributed by atoms with Gasteiger partial charge in [0.25, 0.3) is 5.89 Å². The summed E-state index contributed by atoms with van der Waals surface area (Å²) in [6.45, 7) is 0. The summed E-state index contributed by atoms with van der Waals surface area (Å²) in [6, 6.07) is 17.6. The van der Waals surface area contributed by atoms with E-state index in [1.807, 2.05) is 36.4 Å². The molecule has 31 heavy (non-hydrogen) atoms. The Morgan fingerprint density at radius 2 is 1.77 bits per heavy atom. The number of nitrogens with one attached hydrogen (secondary N) is 1. The van der Waals surface area contributed by atoms with E-state index >= 15 is 0 Å². The molecular formula is C22H12BrClFN5O. The number of aromatic nitrogens is 5. The molecular weight excluding hydrogens is 485 g/mol. The number of benzene rings is 2. The third-order valence-electron chi connectivity index (χ3n) is 4.57. The largest absolute Gasteiger partial charge is 0.334 e. The average Bonchev–Trinajstić information content (AvgIpc) is 3.42. The first-order valence-electron chi connectivity index (χ1n) is 9.16. The van der Waals surface area contributed by atoms with Crippen LogP contribution in [-0.4, -0.2) is 25.1 Å². The second kappa shape index (κ2) is 8.05. The van der Waals surface area contributed by atoms with Gasteiger partial charge in [0, 0.05) is 17.3 Å². The van der Waals surface area contributed by atoms with Gasteiger partial charge < -0.3 is 9.51 Å². The Kier molecular flexibility index (Phi) is 5.09. The third-order valence-corrected chi connectivity index (χ3v) is 5.46. The molecule has 9 heteroatoms. The maximum absolute atomic E-state index is 14.2. The van der Waals surface area contributed by atoms with E-state index < -0.39 is 5.82 Å². The number of halogens is 3. The van der Waals surface area contributed by atoms with Gasteiger partial charge in [0.05, 0.1) is 10.6 Å². The van der Waals surface area contributed by atoms with Crippen molar-refractivity contribution in [1.82, 2.24) is 25.1 Å². The zero-order valence-electron chi connectivity index (χ0n) is 15.7. The van der Waals surface area contributed by atoms with Crippen LogP contribution >= 0.6 is 27.5 Å². The second-order valence-corrected chi connectivity index (χ2v) is 7.77. The van der Waals surface area contributed by atoms with E-state index in [4.69, 9.17) is 16.1 Å². The summed E-state index contributed by atoms with van der Waals surface area (Å²) in [7, 11) is 0. The van der Waals surface area contributed by atoms with Crippen LogP contribution in [0.4, 0.5) is 4.39 Å². The Bertz CT molecular complexity index is 1350. The van der Waals surface area contributed by atoms with Crippen molar-refractivity contribution in [2.24, 2.45) is 0 Å². The fourth-order valence-corrected chi connectivity index (χ4v) is 3.84. The molecule has 6 nitrogen and oxygen atoms in total. The molecule has 5 aromatic rings. The average molecular weight is 497 g/mol. The normalized spacial score (nSPS) is 11.1. The fourth-order valence-electron chi connectivity index (χ4n) is 3.08. The molecule has 3 heterocycles. The van der Waals surface area contributed by atoms with Crippen LogP contribution in [0.5, 0.6) is 0 Å². The zero-order chi connectivity index (χ0) is 21.4. The minimum absolute atomic E-state index is 0.209. The van der Waals surface area contributed by atoms with Crippen molar-refractivity contribution in [2.75, 3.05) is 0 Å². The predicted molar refractivity (Wildman–Crippen MR) is 119 cm³/mol. The van der Waals surface area contributed by atoms with Crippen LogP contribution in [0.3, 0.4) is 0 Å². The first kappa shape index (κ1) is 19.6. The molecule has 3 aromatic heterocycles. The lowest BCUT2D eigenvalue weighted by atomic mass is 10.2. The smallest absolute Gasteiger partial charge is 0.258 e. The second-order valence-electron chi connectivity index (χ2n) is 6.57. The van der Waals surface area contributed by atoms with Crippen LogP contribution in [0.25, 0.3) is 45.6 Å². The summed E-state index contributed by atoms with van der Waals surface area (Å²) in [6.07, 6.45) is 1.64. The number of H-pyrrole nitrogens is 1. The van der Waals surface area contributed by atoms with Crippen LogP contribution in [0.1, 0.15) is 0 Å². The Balaban J connectivity index is 1.45. The molecule has 1 N–H and O–H groups in total. The number of aromatic amines is 1. The van der Waals surface area contributed by atoms with Gasteiger partial charge in [-0.2, -0.15) is 4.98 Å². The highest BCUT2D eigenvalue weighted by Gasteiger charge is 2.18. The number of rotatable bonds is 4. The van der Waals surface area contributed by atoms with Gasteiger partial charge in [-0.15, -0.1) is 0 Å². The number of pyridine rings is 1. The highest BCUT2D eigenvalue weighted by Crippen LogP contribution is 2.34. The molecule has 0 radical (unpaired) electrons. The van der Waals surface area contributed by atoms with Crippen LogP contribution in [0.15, 0.2) is 76.0 Å². The van der Waals surface area contributed by atoms with Crippen LogP contribution in [0, 0.1) is 5.82 Å². The van der Waals surface area contributed by atoms with Gasteiger partial charge in [-0.05, 0) is 52.3 Å². The van der Waals surface area contributed by atoms with Crippen molar-refractivity contribution >= 4 is 27.5 Å². The lowest BCUT2D eigenvalue weighted by Crippen LogP contribution is -1.89. The SMILES string of the molecule is Fc1cccc(Cl)c1-c1nc(-c2ccc(-c3noc(-c4ccccc4)n3)nc2)c(Br)[nH]1. The van der Waals surface area contributed by atoms with E-state index in [2.05, 4.69) is 41.0 Å². The van der Waals surface area contributed by atoms with Gasteiger partial charge >= 0.3 is 0 Å². The molecule has 0 fully saturated rings. The molecule has 152 valence electrons. The Morgan fingerprint density at radius 3 is 2.52 bits per heavy atom. The predicted octanol–water partition coefficient (Wildman–Crippen LogP) is 6.41. The Hall–Kier alpha value is -3.36. The molecule has 0 unspecified atom stereocenters. The molecule has 0 aliphatic heterocycles. The topological polar surface area (TPSA) is 80.5 Å². The van der Waals surface area contributed by atoms with E-state index in [1.165, 1.54) is 6.07 Å². The van der Waals surface area contributed by atoms with Crippen LogP contribution < -0.4 is 0 Å². The first-order chi connectivity index (χ1) is 15.1. The highest BCUT2D eigenvalue weighted by atomic mass is 79.9. The van der Waals surface area contributed by atoms with Crippen LogP contribution in [-0.2, 0) is 0 Å². The Morgan fingerprint density at radius 1 is 0.935 bits per heavy atom. The third kappa shape index (κ3) is 3.75. The highest BCUT2D eigenvalue weighted by molar-refractivity contribution is 9.10. The number of imidazole rings is 1. The first-order valence-corrected chi connectivity index (χ1v) is 10.3. The maximum Gasteiger partial charge on any atom is 0.258 e. The van der Waals surface area contributed by atoms with Crippen molar-refractivity contribution in [1.29, 1.82) is 0 Å². The lowest BCUT2D eigenvalue weighted by molar-refractivity contribution is 0.432. The molecule has 0 aliphatic carbocycles. The van der Waals surface area contributed by atoms with Gasteiger partial charge in [0.15, 0.2) is 0 Å². The zero-order valence-corrected chi connectivity index (χ0v) is 18.0. The van der Waals surface area contributed by atoms with Crippen molar-refractivity contribution < 1.29 is 8.91 Å². The molecule has 2 aromatic carbocycles. The van der Waals surface area contributed by atoms with Gasteiger partial charge in [0.1, 0.15) is 27.6 Å². The van der Waals surface area contributed by atoms with Crippen molar-refractivity contribution in [2.45, 2.75) is 0 Å². The van der Waals surface area contributed by atoms with Crippen molar-refractivity contribution in [3.63, 3.8) is 0 Å². The molecule has 0 saturated carbocycles. The molecule has 0 amide bonds. The van der Waals surface area contributed by atoms with E-state index in [0.717, 1.165) is 11.1 Å². The van der Waals surface area contributed by atoms with E-state index in [0.29, 0.717) is 33.5 Å².